The van der Waals surface area contributed by atoms with Crippen LogP contribution in [0.5, 0.6) is 5.75 Å². The summed E-state index contributed by atoms with van der Waals surface area (Å²) in [6.07, 6.45) is 0.0165. The SMILES string of the molecule is CCOc1cc(Cl)ccc1C(F)(F)C(=O)CCc1ccc2c(c1)CN(C1CCC(=O)NC1=O)C2=O. The lowest BCUT2D eigenvalue weighted by Crippen LogP contribution is -2.52. The summed E-state index contributed by atoms with van der Waals surface area (Å²) in [5, 5.41) is 2.47. The normalized spacial score (nSPS) is 17.9. The van der Waals surface area contributed by atoms with Crippen molar-refractivity contribution in [2.24, 2.45) is 0 Å². The van der Waals surface area contributed by atoms with Crippen LogP contribution in [0.1, 0.15) is 53.2 Å². The van der Waals surface area contributed by atoms with Gasteiger partial charge in [-0.1, -0.05) is 23.7 Å². The summed E-state index contributed by atoms with van der Waals surface area (Å²) in [7, 11) is 0. The molecule has 2 heterocycles. The molecule has 2 aliphatic rings. The number of nitrogens with one attached hydrogen (secondary N) is 1. The minimum atomic E-state index is -3.76. The number of alkyl halides is 2. The first kappa shape index (κ1) is 24.8. The van der Waals surface area contributed by atoms with Crippen LogP contribution >= 0.6 is 11.6 Å². The van der Waals surface area contributed by atoms with E-state index in [4.69, 9.17) is 16.3 Å². The number of halogens is 3. The van der Waals surface area contributed by atoms with Crippen molar-refractivity contribution < 1.29 is 32.7 Å². The van der Waals surface area contributed by atoms with Gasteiger partial charge in [0.25, 0.3) is 5.91 Å². The second kappa shape index (κ2) is 9.73. The van der Waals surface area contributed by atoms with Gasteiger partial charge >= 0.3 is 5.92 Å². The maximum Gasteiger partial charge on any atom is 0.334 e. The minimum Gasteiger partial charge on any atom is -0.493 e. The quantitative estimate of drug-likeness (QED) is 0.552. The molecule has 3 amide bonds. The van der Waals surface area contributed by atoms with Crippen LogP contribution in [0.25, 0.3) is 0 Å². The molecule has 1 atom stereocenters. The predicted molar refractivity (Wildman–Crippen MR) is 122 cm³/mol. The number of imide groups is 1. The molecule has 0 radical (unpaired) electrons. The van der Waals surface area contributed by atoms with Crippen molar-refractivity contribution in [3.05, 3.63) is 63.7 Å². The Morgan fingerprint density at radius 3 is 2.69 bits per heavy atom. The van der Waals surface area contributed by atoms with Crippen molar-refractivity contribution in [1.82, 2.24) is 10.2 Å². The third-order valence-corrected chi connectivity index (χ3v) is 6.40. The molecule has 0 bridgehead atoms. The van der Waals surface area contributed by atoms with Crippen LogP contribution in [0.3, 0.4) is 0 Å². The molecule has 7 nitrogen and oxygen atoms in total. The van der Waals surface area contributed by atoms with E-state index >= 15 is 0 Å². The van der Waals surface area contributed by atoms with Gasteiger partial charge in [-0.25, -0.2) is 0 Å². The van der Waals surface area contributed by atoms with Gasteiger partial charge in [0.15, 0.2) is 0 Å². The first-order valence-electron chi connectivity index (χ1n) is 11.2. The summed E-state index contributed by atoms with van der Waals surface area (Å²) in [4.78, 5) is 50.3. The van der Waals surface area contributed by atoms with E-state index < -0.39 is 35.6 Å². The molecule has 4 rings (SSSR count). The van der Waals surface area contributed by atoms with Crippen molar-refractivity contribution >= 4 is 35.1 Å². The van der Waals surface area contributed by atoms with E-state index in [1.54, 1.807) is 25.1 Å². The number of fused-ring (bicyclic) bond motifs is 1. The number of carbonyl (C=O) groups is 4. The third kappa shape index (κ3) is 4.91. The van der Waals surface area contributed by atoms with Gasteiger partial charge in [-0.2, -0.15) is 8.78 Å². The predicted octanol–water partition coefficient (Wildman–Crippen LogP) is 3.79. The number of hydrogen-bond acceptors (Lipinski definition) is 5. The summed E-state index contributed by atoms with van der Waals surface area (Å²) in [5.41, 5.74) is 1.14. The van der Waals surface area contributed by atoms with Gasteiger partial charge in [0.05, 0.1) is 12.2 Å². The van der Waals surface area contributed by atoms with Crippen LogP contribution in [-0.2, 0) is 33.3 Å². The minimum absolute atomic E-state index is 0.0475. The molecule has 10 heteroatoms. The molecule has 1 unspecified atom stereocenters. The fraction of sp³-hybridized carbons (Fsp3) is 0.360. The molecule has 1 N–H and O–H groups in total. The molecule has 1 saturated heterocycles. The second-order valence-corrected chi connectivity index (χ2v) is 8.90. The molecule has 0 aromatic heterocycles. The molecule has 35 heavy (non-hydrogen) atoms. The van der Waals surface area contributed by atoms with Crippen LogP contribution in [0, 0.1) is 0 Å². The number of ketones is 1. The lowest BCUT2D eigenvalue weighted by atomic mass is 9.97. The van der Waals surface area contributed by atoms with Gasteiger partial charge in [0.2, 0.25) is 17.6 Å². The Morgan fingerprint density at radius 2 is 1.97 bits per heavy atom. The smallest absolute Gasteiger partial charge is 0.334 e. The third-order valence-electron chi connectivity index (χ3n) is 6.16. The summed E-state index contributed by atoms with van der Waals surface area (Å²) in [6.45, 7) is 1.95. The van der Waals surface area contributed by atoms with Crippen molar-refractivity contribution in [3.63, 3.8) is 0 Å². The number of hydrogen-bond donors (Lipinski definition) is 1. The number of amides is 3. The van der Waals surface area contributed by atoms with Crippen LogP contribution in [0.15, 0.2) is 36.4 Å². The zero-order chi connectivity index (χ0) is 25.3. The van der Waals surface area contributed by atoms with E-state index in [-0.39, 0.29) is 55.0 Å². The average Bonchev–Trinajstić information content (AvgIpc) is 3.13. The summed E-state index contributed by atoms with van der Waals surface area (Å²) in [5.74, 6) is -6.36. The summed E-state index contributed by atoms with van der Waals surface area (Å²) in [6, 6.07) is 7.78. The first-order valence-corrected chi connectivity index (χ1v) is 11.6. The molecule has 0 aliphatic carbocycles. The lowest BCUT2D eigenvalue weighted by Gasteiger charge is -2.29. The lowest BCUT2D eigenvalue weighted by molar-refractivity contribution is -0.144. The number of Topliss-reactive ketones (excluding diaryl/α,β-unsaturated/α-hetero) is 1. The Balaban J connectivity index is 1.45. The Hall–Kier alpha value is -3.33. The van der Waals surface area contributed by atoms with Gasteiger partial charge in [-0.05, 0) is 55.2 Å². The maximum absolute atomic E-state index is 15.0. The fourth-order valence-electron chi connectivity index (χ4n) is 4.38. The van der Waals surface area contributed by atoms with E-state index in [0.717, 1.165) is 6.07 Å². The molecule has 2 aromatic carbocycles. The number of nitrogens with zero attached hydrogens (tertiary/aromatic N) is 1. The highest BCUT2D eigenvalue weighted by Crippen LogP contribution is 2.38. The Bertz CT molecular complexity index is 1220. The van der Waals surface area contributed by atoms with Gasteiger partial charge < -0.3 is 9.64 Å². The highest BCUT2D eigenvalue weighted by Gasteiger charge is 2.43. The molecule has 2 aromatic rings. The van der Waals surface area contributed by atoms with Gasteiger partial charge in [0.1, 0.15) is 11.8 Å². The Kier molecular flexibility index (Phi) is 6.89. The number of rotatable bonds is 8. The number of carbonyl (C=O) groups excluding carboxylic acids is 4. The molecule has 1 fully saturated rings. The monoisotopic (exact) mass is 504 g/mol. The topological polar surface area (TPSA) is 92.8 Å². The maximum atomic E-state index is 15.0. The molecule has 0 saturated carbocycles. The van der Waals surface area contributed by atoms with Crippen LogP contribution in [0.4, 0.5) is 8.78 Å². The van der Waals surface area contributed by atoms with Crippen molar-refractivity contribution in [1.29, 1.82) is 0 Å². The highest BCUT2D eigenvalue weighted by molar-refractivity contribution is 6.30. The zero-order valence-electron chi connectivity index (χ0n) is 18.9. The first-order chi connectivity index (χ1) is 16.6. The molecule has 2 aliphatic heterocycles. The van der Waals surface area contributed by atoms with Crippen molar-refractivity contribution in [2.75, 3.05) is 6.61 Å². The summed E-state index contributed by atoms with van der Waals surface area (Å²) < 4.78 is 35.2. The number of ether oxygens (including phenoxy) is 1. The number of aryl methyl sites for hydroxylation is 1. The van der Waals surface area contributed by atoms with Gasteiger partial charge in [0, 0.05) is 30.0 Å². The molecular formula is C25H23ClF2N2O5. The summed E-state index contributed by atoms with van der Waals surface area (Å²) >= 11 is 5.88. The van der Waals surface area contributed by atoms with E-state index in [9.17, 15) is 28.0 Å². The fourth-order valence-corrected chi connectivity index (χ4v) is 4.54. The Labute approximate surface area is 205 Å². The molecule has 184 valence electrons. The largest absolute Gasteiger partial charge is 0.493 e. The number of benzene rings is 2. The van der Waals surface area contributed by atoms with E-state index in [0.29, 0.717) is 16.7 Å². The van der Waals surface area contributed by atoms with E-state index in [2.05, 4.69) is 5.32 Å². The van der Waals surface area contributed by atoms with Crippen LogP contribution in [-0.4, -0.2) is 41.1 Å². The molecular weight excluding hydrogens is 482 g/mol. The van der Waals surface area contributed by atoms with Crippen LogP contribution < -0.4 is 10.1 Å². The Morgan fingerprint density at radius 1 is 1.20 bits per heavy atom. The van der Waals surface area contributed by atoms with Gasteiger partial charge in [-0.15, -0.1) is 0 Å². The van der Waals surface area contributed by atoms with E-state index in [1.807, 2.05) is 0 Å². The van der Waals surface area contributed by atoms with Crippen LogP contribution in [0.2, 0.25) is 5.02 Å². The highest BCUT2D eigenvalue weighted by atomic mass is 35.5. The number of piperidine rings is 1. The zero-order valence-corrected chi connectivity index (χ0v) is 19.7. The van der Waals surface area contributed by atoms with Gasteiger partial charge in [-0.3, -0.25) is 24.5 Å². The average molecular weight is 505 g/mol. The molecule has 0 spiro atoms. The standard InChI is InChI=1S/C25H23ClF2N2O5/c1-2-35-20-12-16(26)5-7-18(20)25(27,28)21(31)9-4-14-3-6-17-15(11-14)13-30(24(17)34)19-8-10-22(32)29-23(19)33/h3,5-7,11-12,19H,2,4,8-10,13H2,1H3,(H,29,32,33). The van der Waals surface area contributed by atoms with Crippen molar-refractivity contribution in [3.8, 4) is 5.75 Å². The van der Waals surface area contributed by atoms with E-state index in [1.165, 1.54) is 17.0 Å². The van der Waals surface area contributed by atoms with Crippen molar-refractivity contribution in [2.45, 2.75) is 51.1 Å². The second-order valence-electron chi connectivity index (χ2n) is 8.46.